The topological polar surface area (TPSA) is 58.8 Å². The lowest BCUT2D eigenvalue weighted by atomic mass is 10.1. The van der Waals surface area contributed by atoms with Crippen LogP contribution < -0.4 is 9.64 Å². The second-order valence-corrected chi connectivity index (χ2v) is 5.85. The molecule has 0 bridgehead atoms. The first-order valence-corrected chi connectivity index (χ1v) is 8.26. The summed E-state index contributed by atoms with van der Waals surface area (Å²) in [5.74, 6) is 2.32. The average Bonchev–Trinajstić information content (AvgIpc) is 3.06. The first kappa shape index (κ1) is 16.4. The van der Waals surface area contributed by atoms with Crippen LogP contribution in [0.4, 0.5) is 5.69 Å². The number of benzene rings is 1. The number of hydrogen-bond acceptors (Lipinski definition) is 5. The molecule has 1 saturated heterocycles. The van der Waals surface area contributed by atoms with Crippen molar-refractivity contribution in [1.29, 1.82) is 0 Å². The fraction of sp³-hybridized carbons (Fsp3) is 0.444. The summed E-state index contributed by atoms with van der Waals surface area (Å²) in [4.78, 5) is 20.1. The molecule has 0 saturated carbocycles. The second kappa shape index (κ2) is 6.95. The number of ether oxygens (including phenoxy) is 1. The van der Waals surface area contributed by atoms with E-state index in [1.165, 1.54) is 0 Å². The number of hydrogen-bond donors (Lipinski definition) is 0. The summed E-state index contributed by atoms with van der Waals surface area (Å²) < 4.78 is 11.1. The molecular formula is C18H23N3O3. The monoisotopic (exact) mass is 329 g/mol. The van der Waals surface area contributed by atoms with Gasteiger partial charge in [0.15, 0.2) is 11.7 Å². The third kappa shape index (κ3) is 3.22. The Kier molecular flexibility index (Phi) is 4.74. The number of piperazine rings is 1. The SMILES string of the molecule is CCC(=O)N1CCN(c2ccc(-c3cnc(C)o3)c(OC)c2)CC1. The van der Waals surface area contributed by atoms with E-state index in [-0.39, 0.29) is 5.91 Å². The van der Waals surface area contributed by atoms with Crippen LogP contribution in [-0.4, -0.2) is 49.1 Å². The molecule has 6 heteroatoms. The van der Waals surface area contributed by atoms with E-state index in [0.29, 0.717) is 18.1 Å². The van der Waals surface area contributed by atoms with Gasteiger partial charge in [0.25, 0.3) is 0 Å². The quantitative estimate of drug-likeness (QED) is 0.863. The average molecular weight is 329 g/mol. The molecule has 2 aromatic rings. The predicted octanol–water partition coefficient (Wildman–Crippen LogP) is 2.72. The molecule has 3 rings (SSSR count). The standard InChI is InChI=1S/C18H23N3O3/c1-4-18(22)21-9-7-20(8-10-21)14-5-6-15(16(11-14)23-3)17-12-19-13(2)24-17/h5-6,11-12H,4,7-10H2,1-3H3. The van der Waals surface area contributed by atoms with Gasteiger partial charge >= 0.3 is 0 Å². The Bertz CT molecular complexity index is 718. The maximum Gasteiger partial charge on any atom is 0.222 e. The number of amides is 1. The van der Waals surface area contributed by atoms with E-state index in [4.69, 9.17) is 9.15 Å². The highest BCUT2D eigenvalue weighted by atomic mass is 16.5. The first-order valence-electron chi connectivity index (χ1n) is 8.26. The summed E-state index contributed by atoms with van der Waals surface area (Å²) in [5, 5.41) is 0. The van der Waals surface area contributed by atoms with E-state index in [0.717, 1.165) is 43.2 Å². The number of nitrogens with zero attached hydrogens (tertiary/aromatic N) is 3. The fourth-order valence-electron chi connectivity index (χ4n) is 3.00. The molecule has 1 aromatic heterocycles. The molecule has 0 spiro atoms. The Balaban J connectivity index is 1.77. The van der Waals surface area contributed by atoms with Gasteiger partial charge in [0.05, 0.1) is 18.9 Å². The van der Waals surface area contributed by atoms with Gasteiger partial charge in [-0.25, -0.2) is 4.98 Å². The van der Waals surface area contributed by atoms with Gasteiger partial charge in [-0.3, -0.25) is 4.79 Å². The molecule has 2 heterocycles. The van der Waals surface area contributed by atoms with Gasteiger partial charge in [0, 0.05) is 51.3 Å². The van der Waals surface area contributed by atoms with Gasteiger partial charge in [-0.1, -0.05) is 6.92 Å². The molecule has 0 radical (unpaired) electrons. The Morgan fingerprint density at radius 2 is 2.04 bits per heavy atom. The summed E-state index contributed by atoms with van der Waals surface area (Å²) in [6.07, 6.45) is 2.28. The van der Waals surface area contributed by atoms with Crippen molar-refractivity contribution >= 4 is 11.6 Å². The summed E-state index contributed by atoms with van der Waals surface area (Å²) in [6, 6.07) is 6.08. The minimum Gasteiger partial charge on any atom is -0.496 e. The second-order valence-electron chi connectivity index (χ2n) is 5.85. The van der Waals surface area contributed by atoms with Crippen molar-refractivity contribution in [1.82, 2.24) is 9.88 Å². The van der Waals surface area contributed by atoms with Crippen LogP contribution in [0.3, 0.4) is 0 Å². The van der Waals surface area contributed by atoms with Crippen LogP contribution in [0.25, 0.3) is 11.3 Å². The third-order valence-corrected chi connectivity index (χ3v) is 4.37. The normalized spacial score (nSPS) is 14.8. The van der Waals surface area contributed by atoms with E-state index < -0.39 is 0 Å². The summed E-state index contributed by atoms with van der Waals surface area (Å²) in [6.45, 7) is 6.91. The molecule has 1 aliphatic rings. The maximum atomic E-state index is 11.8. The van der Waals surface area contributed by atoms with Crippen molar-refractivity contribution < 1.29 is 13.9 Å². The minimum atomic E-state index is 0.225. The van der Waals surface area contributed by atoms with E-state index in [1.807, 2.05) is 30.9 Å². The van der Waals surface area contributed by atoms with E-state index in [1.54, 1.807) is 13.3 Å². The zero-order chi connectivity index (χ0) is 17.1. The van der Waals surface area contributed by atoms with Crippen LogP contribution in [-0.2, 0) is 4.79 Å². The van der Waals surface area contributed by atoms with E-state index in [2.05, 4.69) is 16.0 Å². The zero-order valence-corrected chi connectivity index (χ0v) is 14.4. The highest BCUT2D eigenvalue weighted by Gasteiger charge is 2.21. The van der Waals surface area contributed by atoms with Crippen LogP contribution in [0, 0.1) is 6.92 Å². The lowest BCUT2D eigenvalue weighted by Crippen LogP contribution is -2.48. The molecular weight excluding hydrogens is 306 g/mol. The molecule has 1 aromatic carbocycles. The number of aromatic nitrogens is 1. The van der Waals surface area contributed by atoms with Gasteiger partial charge in [-0.05, 0) is 12.1 Å². The molecule has 1 amide bonds. The van der Waals surface area contributed by atoms with E-state index >= 15 is 0 Å². The van der Waals surface area contributed by atoms with Crippen LogP contribution in [0.2, 0.25) is 0 Å². The van der Waals surface area contributed by atoms with Crippen molar-refractivity contribution in [3.05, 3.63) is 30.3 Å². The fourth-order valence-corrected chi connectivity index (χ4v) is 3.00. The molecule has 128 valence electrons. The number of methoxy groups -OCH3 is 1. The van der Waals surface area contributed by atoms with Crippen molar-refractivity contribution in [2.45, 2.75) is 20.3 Å². The van der Waals surface area contributed by atoms with Gasteiger partial charge in [-0.2, -0.15) is 0 Å². The maximum absolute atomic E-state index is 11.8. The highest BCUT2D eigenvalue weighted by molar-refractivity contribution is 5.76. The molecule has 0 N–H and O–H groups in total. The molecule has 6 nitrogen and oxygen atoms in total. The minimum absolute atomic E-state index is 0.225. The largest absolute Gasteiger partial charge is 0.496 e. The van der Waals surface area contributed by atoms with Gasteiger partial charge in [0.2, 0.25) is 5.91 Å². The molecule has 0 aliphatic carbocycles. The lowest BCUT2D eigenvalue weighted by molar-refractivity contribution is -0.131. The zero-order valence-electron chi connectivity index (χ0n) is 14.4. The van der Waals surface area contributed by atoms with Crippen molar-refractivity contribution in [2.75, 3.05) is 38.2 Å². The number of aryl methyl sites for hydroxylation is 1. The van der Waals surface area contributed by atoms with Crippen LogP contribution in [0.15, 0.2) is 28.8 Å². The Morgan fingerprint density at radius 3 is 2.62 bits per heavy atom. The van der Waals surface area contributed by atoms with Gasteiger partial charge in [0.1, 0.15) is 5.75 Å². The van der Waals surface area contributed by atoms with E-state index in [9.17, 15) is 4.79 Å². The van der Waals surface area contributed by atoms with Gasteiger partial charge < -0.3 is 19.0 Å². The Morgan fingerprint density at radius 1 is 1.29 bits per heavy atom. The van der Waals surface area contributed by atoms with Crippen LogP contribution in [0.1, 0.15) is 19.2 Å². The first-order chi connectivity index (χ1) is 11.6. The molecule has 24 heavy (non-hydrogen) atoms. The lowest BCUT2D eigenvalue weighted by Gasteiger charge is -2.36. The summed E-state index contributed by atoms with van der Waals surface area (Å²) >= 11 is 0. The number of carbonyl (C=O) groups is 1. The van der Waals surface area contributed by atoms with Crippen molar-refractivity contribution in [3.8, 4) is 17.1 Å². The summed E-state index contributed by atoms with van der Waals surface area (Å²) in [7, 11) is 1.66. The van der Waals surface area contributed by atoms with Crippen molar-refractivity contribution in [2.24, 2.45) is 0 Å². The highest BCUT2D eigenvalue weighted by Crippen LogP contribution is 2.34. The molecule has 1 fully saturated rings. The number of oxazole rings is 1. The number of anilines is 1. The summed E-state index contributed by atoms with van der Waals surface area (Å²) in [5.41, 5.74) is 1.98. The smallest absolute Gasteiger partial charge is 0.222 e. The Hall–Kier alpha value is -2.50. The molecule has 0 unspecified atom stereocenters. The Labute approximate surface area is 142 Å². The molecule has 0 atom stereocenters. The van der Waals surface area contributed by atoms with Gasteiger partial charge in [-0.15, -0.1) is 0 Å². The third-order valence-electron chi connectivity index (χ3n) is 4.37. The molecule has 1 aliphatic heterocycles. The number of rotatable bonds is 4. The van der Waals surface area contributed by atoms with Crippen molar-refractivity contribution in [3.63, 3.8) is 0 Å². The van der Waals surface area contributed by atoms with Crippen LogP contribution >= 0.6 is 0 Å². The predicted molar refractivity (Wildman–Crippen MR) is 92.3 cm³/mol. The number of carbonyl (C=O) groups excluding carboxylic acids is 1. The van der Waals surface area contributed by atoms with Crippen LogP contribution in [0.5, 0.6) is 5.75 Å².